The molecule has 0 aromatic heterocycles. The number of ketones is 1. The summed E-state index contributed by atoms with van der Waals surface area (Å²) in [5.74, 6) is 2.32. The number of rotatable bonds is 3. The first-order chi connectivity index (χ1) is 12.6. The van der Waals surface area contributed by atoms with Crippen LogP contribution in [0.3, 0.4) is 0 Å². The van der Waals surface area contributed by atoms with Crippen molar-refractivity contribution in [2.75, 3.05) is 0 Å². The van der Waals surface area contributed by atoms with Gasteiger partial charge in [-0.1, -0.05) is 25.5 Å². The Kier molecular flexibility index (Phi) is 4.40. The number of fused-ring (bicyclic) bond motifs is 5. The van der Waals surface area contributed by atoms with E-state index in [1.165, 1.54) is 12.8 Å². The van der Waals surface area contributed by atoms with Crippen LogP contribution in [-0.2, 0) is 9.59 Å². The predicted octanol–water partition coefficient (Wildman–Crippen LogP) is 5.64. The molecule has 4 aliphatic rings. The average molecular weight is 373 g/mol. The van der Waals surface area contributed by atoms with E-state index in [2.05, 4.69) is 19.9 Å². The average Bonchev–Trinajstić information content (AvgIpc) is 2.90. The Bertz CT molecular complexity index is 690. The summed E-state index contributed by atoms with van der Waals surface area (Å²) in [6, 6.07) is 0. The standard InChI is InChI=1S/C24H36O3/c1-22(2,21(26)27)14-15-9-11-23(3)16(13-15)5-6-17-18-7-8-20(25)24(18,4)12-10-19(17)23/h5,15,17-19H,6-14H2,1-4H3,(H,26,27)/t15-,17-,18-,19-,23-,24-/m0/s1. The van der Waals surface area contributed by atoms with Crippen LogP contribution in [-0.4, -0.2) is 16.9 Å². The molecule has 3 nitrogen and oxygen atoms in total. The number of carboxylic acid groups (broad SMARTS) is 1. The topological polar surface area (TPSA) is 54.4 Å². The highest BCUT2D eigenvalue weighted by atomic mass is 16.4. The van der Waals surface area contributed by atoms with Gasteiger partial charge in [-0.25, -0.2) is 0 Å². The minimum atomic E-state index is -0.675. The van der Waals surface area contributed by atoms with Gasteiger partial charge in [-0.2, -0.15) is 0 Å². The van der Waals surface area contributed by atoms with Gasteiger partial charge in [0.1, 0.15) is 5.78 Å². The van der Waals surface area contributed by atoms with Crippen LogP contribution in [0.1, 0.15) is 85.5 Å². The summed E-state index contributed by atoms with van der Waals surface area (Å²) in [5.41, 5.74) is 1.20. The van der Waals surface area contributed by atoms with Crippen LogP contribution in [0.4, 0.5) is 0 Å². The zero-order chi connectivity index (χ0) is 19.6. The van der Waals surface area contributed by atoms with Crippen LogP contribution < -0.4 is 0 Å². The maximum Gasteiger partial charge on any atom is 0.309 e. The first-order valence-corrected chi connectivity index (χ1v) is 11.0. The third kappa shape index (κ3) is 2.83. The number of allylic oxidation sites excluding steroid dienone is 2. The van der Waals surface area contributed by atoms with Gasteiger partial charge in [0.15, 0.2) is 0 Å². The fourth-order valence-corrected chi connectivity index (χ4v) is 7.49. The maximum absolute atomic E-state index is 12.5. The lowest BCUT2D eigenvalue weighted by Crippen LogP contribution is -2.50. The van der Waals surface area contributed by atoms with Crippen molar-refractivity contribution < 1.29 is 14.7 Å². The van der Waals surface area contributed by atoms with Crippen LogP contribution in [0.15, 0.2) is 11.6 Å². The quantitative estimate of drug-likeness (QED) is 0.653. The molecule has 3 fully saturated rings. The summed E-state index contributed by atoms with van der Waals surface area (Å²) in [5, 5.41) is 9.50. The van der Waals surface area contributed by atoms with E-state index < -0.39 is 11.4 Å². The van der Waals surface area contributed by atoms with Gasteiger partial charge in [0, 0.05) is 11.8 Å². The van der Waals surface area contributed by atoms with E-state index in [0.717, 1.165) is 50.9 Å². The summed E-state index contributed by atoms with van der Waals surface area (Å²) in [4.78, 5) is 24.1. The molecule has 1 N–H and O–H groups in total. The summed E-state index contributed by atoms with van der Waals surface area (Å²) >= 11 is 0. The molecule has 150 valence electrons. The summed E-state index contributed by atoms with van der Waals surface area (Å²) in [6.07, 6.45) is 12.0. The van der Waals surface area contributed by atoms with Crippen molar-refractivity contribution in [3.8, 4) is 0 Å². The van der Waals surface area contributed by atoms with E-state index in [0.29, 0.717) is 23.5 Å². The monoisotopic (exact) mass is 372 g/mol. The number of carbonyl (C=O) groups excluding carboxylic acids is 1. The second kappa shape index (κ2) is 6.19. The molecule has 4 rings (SSSR count). The Hall–Kier alpha value is -1.12. The molecule has 0 aliphatic heterocycles. The normalized spacial score (nSPS) is 44.1. The van der Waals surface area contributed by atoms with E-state index in [4.69, 9.17) is 0 Å². The molecule has 0 heterocycles. The van der Waals surface area contributed by atoms with Gasteiger partial charge in [0.2, 0.25) is 0 Å². The summed E-state index contributed by atoms with van der Waals surface area (Å²) in [7, 11) is 0. The molecule has 0 radical (unpaired) electrons. The van der Waals surface area contributed by atoms with E-state index in [9.17, 15) is 14.7 Å². The number of Topliss-reactive ketones (excluding diaryl/α,β-unsaturated/α-hetero) is 1. The first kappa shape index (κ1) is 19.2. The molecular formula is C24H36O3. The van der Waals surface area contributed by atoms with Crippen molar-refractivity contribution in [1.29, 1.82) is 0 Å². The first-order valence-electron chi connectivity index (χ1n) is 11.0. The van der Waals surface area contributed by atoms with Gasteiger partial charge in [-0.05, 0) is 94.3 Å². The Morgan fingerprint density at radius 3 is 2.52 bits per heavy atom. The highest BCUT2D eigenvalue weighted by Crippen LogP contribution is 2.64. The highest BCUT2D eigenvalue weighted by Gasteiger charge is 2.58. The second-order valence-corrected chi connectivity index (χ2v) is 11.2. The Morgan fingerprint density at radius 2 is 1.81 bits per heavy atom. The van der Waals surface area contributed by atoms with Crippen LogP contribution in [0.5, 0.6) is 0 Å². The Balaban J connectivity index is 1.55. The van der Waals surface area contributed by atoms with Crippen LogP contribution in [0.25, 0.3) is 0 Å². The predicted molar refractivity (Wildman–Crippen MR) is 106 cm³/mol. The molecule has 0 unspecified atom stereocenters. The molecule has 4 aliphatic carbocycles. The van der Waals surface area contributed by atoms with Crippen molar-refractivity contribution in [3.05, 3.63) is 11.6 Å². The van der Waals surface area contributed by atoms with Crippen molar-refractivity contribution in [3.63, 3.8) is 0 Å². The molecule has 27 heavy (non-hydrogen) atoms. The minimum Gasteiger partial charge on any atom is -0.481 e. The van der Waals surface area contributed by atoms with Gasteiger partial charge in [-0.15, -0.1) is 0 Å². The maximum atomic E-state index is 12.5. The van der Waals surface area contributed by atoms with Crippen molar-refractivity contribution in [2.45, 2.75) is 85.5 Å². The van der Waals surface area contributed by atoms with Crippen molar-refractivity contribution >= 4 is 11.8 Å². The molecular weight excluding hydrogens is 336 g/mol. The van der Waals surface area contributed by atoms with Crippen molar-refractivity contribution in [2.24, 2.45) is 39.9 Å². The summed E-state index contributed by atoms with van der Waals surface area (Å²) in [6.45, 7) is 8.46. The Morgan fingerprint density at radius 1 is 1.15 bits per heavy atom. The Labute approximate surface area is 164 Å². The lowest BCUT2D eigenvalue weighted by molar-refractivity contribution is -0.148. The number of hydrogen-bond donors (Lipinski definition) is 1. The molecule has 0 aromatic rings. The molecule has 0 spiro atoms. The lowest BCUT2D eigenvalue weighted by Gasteiger charge is -2.57. The molecule has 0 saturated heterocycles. The van der Waals surface area contributed by atoms with E-state index in [1.54, 1.807) is 5.57 Å². The SMILES string of the molecule is CC(C)(C[C@H]1CC[C@@]2(C)C(=CC[C@@H]3[C@@H]2CC[C@]2(C)C(=O)CC[C@@H]32)C1)C(=O)O. The number of aliphatic carboxylic acids is 1. The third-order valence-corrected chi connectivity index (χ3v) is 9.29. The van der Waals surface area contributed by atoms with Gasteiger partial charge in [0.05, 0.1) is 5.41 Å². The van der Waals surface area contributed by atoms with Crippen LogP contribution >= 0.6 is 0 Å². The third-order valence-electron chi connectivity index (χ3n) is 9.29. The smallest absolute Gasteiger partial charge is 0.309 e. The zero-order valence-electron chi connectivity index (χ0n) is 17.5. The molecule has 3 saturated carbocycles. The van der Waals surface area contributed by atoms with Crippen LogP contribution in [0, 0.1) is 39.9 Å². The highest BCUT2D eigenvalue weighted by molar-refractivity contribution is 5.87. The second-order valence-electron chi connectivity index (χ2n) is 11.2. The van der Waals surface area contributed by atoms with Gasteiger partial charge in [0.25, 0.3) is 0 Å². The van der Waals surface area contributed by atoms with Crippen molar-refractivity contribution in [1.82, 2.24) is 0 Å². The lowest BCUT2D eigenvalue weighted by atomic mass is 9.47. The van der Waals surface area contributed by atoms with Gasteiger partial charge < -0.3 is 5.11 Å². The molecule has 6 atom stereocenters. The van der Waals surface area contributed by atoms with Gasteiger partial charge >= 0.3 is 5.97 Å². The minimum absolute atomic E-state index is 0.0500. The zero-order valence-corrected chi connectivity index (χ0v) is 17.5. The van der Waals surface area contributed by atoms with E-state index in [-0.39, 0.29) is 10.8 Å². The largest absolute Gasteiger partial charge is 0.481 e. The molecule has 0 aromatic carbocycles. The fraction of sp³-hybridized carbons (Fsp3) is 0.833. The fourth-order valence-electron chi connectivity index (χ4n) is 7.49. The van der Waals surface area contributed by atoms with Crippen LogP contribution in [0.2, 0.25) is 0 Å². The molecule has 0 bridgehead atoms. The van der Waals surface area contributed by atoms with E-state index in [1.807, 2.05) is 13.8 Å². The summed E-state index contributed by atoms with van der Waals surface area (Å²) < 4.78 is 0. The number of carboxylic acids is 1. The van der Waals surface area contributed by atoms with E-state index >= 15 is 0 Å². The number of carbonyl (C=O) groups is 2. The number of hydrogen-bond acceptors (Lipinski definition) is 2. The molecule has 3 heteroatoms. The van der Waals surface area contributed by atoms with Gasteiger partial charge in [-0.3, -0.25) is 9.59 Å². The molecule has 0 amide bonds.